The Morgan fingerprint density at radius 2 is 1.90 bits per heavy atom. The maximum atomic E-state index is 9.08. The van der Waals surface area contributed by atoms with E-state index < -0.39 is 7.12 Å². The van der Waals surface area contributed by atoms with Crippen LogP contribution in [0.3, 0.4) is 0 Å². The highest BCUT2D eigenvalue weighted by atomic mass is 16.5. The van der Waals surface area contributed by atoms with Crippen LogP contribution in [-0.2, 0) is 6.54 Å². The van der Waals surface area contributed by atoms with E-state index in [1.54, 1.807) is 25.6 Å². The van der Waals surface area contributed by atoms with E-state index in [2.05, 4.69) is 15.0 Å². The molecule has 0 radical (unpaired) electrons. The highest BCUT2D eigenvalue weighted by Crippen LogP contribution is 2.19. The van der Waals surface area contributed by atoms with Crippen LogP contribution in [0, 0.1) is 0 Å². The van der Waals surface area contributed by atoms with Gasteiger partial charge >= 0.3 is 7.12 Å². The number of fused-ring (bicyclic) bond motifs is 1. The first kappa shape index (κ1) is 13.5. The first-order valence-electron chi connectivity index (χ1n) is 6.34. The molecule has 3 rings (SSSR count). The van der Waals surface area contributed by atoms with E-state index in [4.69, 9.17) is 14.8 Å². The van der Waals surface area contributed by atoms with Gasteiger partial charge in [0.25, 0.3) is 0 Å². The second-order valence-corrected chi connectivity index (χ2v) is 4.54. The highest BCUT2D eigenvalue weighted by Gasteiger charge is 2.12. The number of benzene rings is 1. The number of aromatic nitrogens is 4. The van der Waals surface area contributed by atoms with Gasteiger partial charge in [-0.1, -0.05) is 24.3 Å². The lowest BCUT2D eigenvalue weighted by atomic mass is 9.80. The molecule has 0 bridgehead atoms. The summed E-state index contributed by atoms with van der Waals surface area (Å²) in [6, 6.07) is 7.02. The van der Waals surface area contributed by atoms with Crippen molar-refractivity contribution in [2.45, 2.75) is 6.54 Å². The van der Waals surface area contributed by atoms with Crippen LogP contribution in [0.1, 0.15) is 5.56 Å². The first-order chi connectivity index (χ1) is 10.2. The van der Waals surface area contributed by atoms with Crippen LogP contribution in [-0.4, -0.2) is 43.8 Å². The number of methoxy groups -OCH3 is 1. The molecule has 1 aromatic carbocycles. The standard InChI is InChI=1S/C13H13BN4O3/c1-21-13-11-12(15-7-16-13)18(8-17-11)6-9-2-4-10(5-3-9)14(19)20/h2-5,7-8,19-20H,6H2,1H3. The van der Waals surface area contributed by atoms with Crippen molar-refractivity contribution in [2.75, 3.05) is 7.11 Å². The number of ether oxygens (including phenoxy) is 1. The summed E-state index contributed by atoms with van der Waals surface area (Å²) in [4.78, 5) is 12.5. The van der Waals surface area contributed by atoms with Gasteiger partial charge in [-0.05, 0) is 11.0 Å². The van der Waals surface area contributed by atoms with Crippen molar-refractivity contribution in [3.05, 3.63) is 42.5 Å². The predicted octanol–water partition coefficient (Wildman–Crippen LogP) is -0.437. The van der Waals surface area contributed by atoms with Crippen LogP contribution in [0.2, 0.25) is 0 Å². The lowest BCUT2D eigenvalue weighted by Gasteiger charge is -2.06. The minimum atomic E-state index is -1.45. The highest BCUT2D eigenvalue weighted by molar-refractivity contribution is 6.58. The van der Waals surface area contributed by atoms with Gasteiger partial charge in [0.1, 0.15) is 6.33 Å². The molecule has 3 aromatic rings. The minimum absolute atomic E-state index is 0.442. The molecule has 7 nitrogen and oxygen atoms in total. The van der Waals surface area contributed by atoms with Crippen molar-refractivity contribution in [3.8, 4) is 5.88 Å². The molecular formula is C13H13BN4O3. The van der Waals surface area contributed by atoms with Crippen LogP contribution in [0.15, 0.2) is 36.9 Å². The van der Waals surface area contributed by atoms with E-state index in [1.165, 1.54) is 6.33 Å². The predicted molar refractivity (Wildman–Crippen MR) is 77.2 cm³/mol. The quantitative estimate of drug-likeness (QED) is 0.631. The minimum Gasteiger partial charge on any atom is -0.479 e. The molecule has 0 atom stereocenters. The number of nitrogens with zero attached hydrogens (tertiary/aromatic N) is 4. The van der Waals surface area contributed by atoms with E-state index in [9.17, 15) is 0 Å². The lowest BCUT2D eigenvalue weighted by Crippen LogP contribution is -2.29. The third-order valence-corrected chi connectivity index (χ3v) is 3.19. The second kappa shape index (κ2) is 5.51. The molecule has 0 aliphatic carbocycles. The fraction of sp³-hybridized carbons (Fsp3) is 0.154. The Morgan fingerprint density at radius 3 is 2.57 bits per heavy atom. The molecule has 106 valence electrons. The summed E-state index contributed by atoms with van der Waals surface area (Å²) in [5, 5.41) is 18.2. The van der Waals surface area contributed by atoms with Crippen molar-refractivity contribution in [1.82, 2.24) is 19.5 Å². The van der Waals surface area contributed by atoms with Crippen LogP contribution in [0.4, 0.5) is 0 Å². The largest absolute Gasteiger partial charge is 0.488 e. The molecule has 2 N–H and O–H groups in total. The van der Waals surface area contributed by atoms with Crippen molar-refractivity contribution < 1.29 is 14.8 Å². The molecule has 0 spiro atoms. The summed E-state index contributed by atoms with van der Waals surface area (Å²) >= 11 is 0. The monoisotopic (exact) mass is 284 g/mol. The van der Waals surface area contributed by atoms with Gasteiger partial charge in [0, 0.05) is 0 Å². The Labute approximate surface area is 121 Å². The average molecular weight is 284 g/mol. The number of rotatable bonds is 4. The number of imidazole rings is 1. The van der Waals surface area contributed by atoms with Crippen LogP contribution < -0.4 is 10.2 Å². The third-order valence-electron chi connectivity index (χ3n) is 3.19. The Hall–Kier alpha value is -2.45. The molecule has 0 saturated carbocycles. The average Bonchev–Trinajstić information content (AvgIpc) is 2.91. The van der Waals surface area contributed by atoms with E-state index in [-0.39, 0.29) is 0 Å². The van der Waals surface area contributed by atoms with Gasteiger partial charge in [0.2, 0.25) is 5.88 Å². The first-order valence-corrected chi connectivity index (χ1v) is 6.34. The molecule has 0 saturated heterocycles. The molecule has 8 heteroatoms. The Balaban J connectivity index is 1.91. The van der Waals surface area contributed by atoms with Crippen LogP contribution in [0.25, 0.3) is 11.2 Å². The third kappa shape index (κ3) is 2.58. The zero-order valence-corrected chi connectivity index (χ0v) is 11.3. The van der Waals surface area contributed by atoms with E-state index >= 15 is 0 Å². The Morgan fingerprint density at radius 1 is 1.14 bits per heavy atom. The van der Waals surface area contributed by atoms with Gasteiger partial charge in [-0.15, -0.1) is 0 Å². The Bertz CT molecular complexity index is 758. The van der Waals surface area contributed by atoms with Gasteiger partial charge in [0.05, 0.1) is 20.0 Å². The summed E-state index contributed by atoms with van der Waals surface area (Å²) in [6.07, 6.45) is 3.11. The lowest BCUT2D eigenvalue weighted by molar-refractivity contribution is 0.401. The Kier molecular flexibility index (Phi) is 3.55. The second-order valence-electron chi connectivity index (χ2n) is 4.54. The topological polar surface area (TPSA) is 93.3 Å². The van der Waals surface area contributed by atoms with Gasteiger partial charge in [-0.2, -0.15) is 4.98 Å². The maximum Gasteiger partial charge on any atom is 0.488 e. The summed E-state index contributed by atoms with van der Waals surface area (Å²) in [5.41, 5.74) is 2.75. The van der Waals surface area contributed by atoms with Gasteiger partial charge < -0.3 is 19.4 Å². The summed E-state index contributed by atoms with van der Waals surface area (Å²) in [6.45, 7) is 0.568. The molecule has 0 fully saturated rings. The SMILES string of the molecule is COc1ncnc2c1ncn2Cc1ccc(B(O)O)cc1. The summed E-state index contributed by atoms with van der Waals surface area (Å²) in [5.74, 6) is 0.442. The molecule has 0 aliphatic rings. The molecule has 0 amide bonds. The van der Waals surface area contributed by atoms with Crippen molar-refractivity contribution in [3.63, 3.8) is 0 Å². The van der Waals surface area contributed by atoms with Crippen molar-refractivity contribution in [2.24, 2.45) is 0 Å². The summed E-state index contributed by atoms with van der Waals surface area (Å²) in [7, 11) is 0.0878. The molecule has 2 heterocycles. The van der Waals surface area contributed by atoms with Crippen molar-refractivity contribution in [1.29, 1.82) is 0 Å². The maximum absolute atomic E-state index is 9.08. The number of hydrogen-bond acceptors (Lipinski definition) is 6. The molecule has 2 aromatic heterocycles. The van der Waals surface area contributed by atoms with Gasteiger partial charge in [-0.3, -0.25) is 0 Å². The fourth-order valence-corrected chi connectivity index (χ4v) is 2.12. The van der Waals surface area contributed by atoms with Crippen molar-refractivity contribution >= 4 is 23.7 Å². The van der Waals surface area contributed by atoms with E-state index in [1.807, 2.05) is 16.7 Å². The van der Waals surface area contributed by atoms with Gasteiger partial charge in [0.15, 0.2) is 11.2 Å². The smallest absolute Gasteiger partial charge is 0.479 e. The normalized spacial score (nSPS) is 10.8. The zero-order chi connectivity index (χ0) is 14.8. The van der Waals surface area contributed by atoms with Gasteiger partial charge in [-0.25, -0.2) is 9.97 Å². The summed E-state index contributed by atoms with van der Waals surface area (Å²) < 4.78 is 7.03. The van der Waals surface area contributed by atoms with Crippen LogP contribution in [0.5, 0.6) is 5.88 Å². The number of hydrogen-bond donors (Lipinski definition) is 2. The molecule has 21 heavy (non-hydrogen) atoms. The van der Waals surface area contributed by atoms with Crippen LogP contribution >= 0.6 is 0 Å². The molecule has 0 aliphatic heterocycles. The molecular weight excluding hydrogens is 271 g/mol. The van der Waals surface area contributed by atoms with E-state index in [0.29, 0.717) is 29.1 Å². The van der Waals surface area contributed by atoms with E-state index in [0.717, 1.165) is 5.56 Å². The fourth-order valence-electron chi connectivity index (χ4n) is 2.12. The zero-order valence-electron chi connectivity index (χ0n) is 11.3. The molecule has 0 unspecified atom stereocenters.